The normalized spacial score (nSPS) is 37.4. The van der Waals surface area contributed by atoms with Crippen molar-refractivity contribution >= 4 is 46.7 Å². The molecule has 2 aromatic rings. The molecule has 78 heavy (non-hydrogen) atoms. The number of fused-ring (bicyclic) bond motifs is 2. The molecule has 4 fully saturated rings. The van der Waals surface area contributed by atoms with Gasteiger partial charge in [-0.1, -0.05) is 20.8 Å². The number of methoxy groups -OCH3 is 1. The second-order valence-electron chi connectivity index (χ2n) is 23.0. The molecule has 6 rings (SSSR count). The minimum absolute atomic E-state index is 0.0456. The van der Waals surface area contributed by atoms with Gasteiger partial charge in [-0.25, -0.2) is 9.59 Å². The number of aliphatic hydroxyl groups excluding tert-OH is 1. The Hall–Kier alpha value is -3.94. The van der Waals surface area contributed by atoms with Gasteiger partial charge in [0.1, 0.15) is 23.4 Å². The molecule has 4 aliphatic heterocycles. The fraction of sp³-hybridized carbons (Fsp3) is 0.768. The molecular formula is C56H88N4O17S. The molecule has 0 saturated carbocycles. The molecule has 22 heteroatoms. The van der Waals surface area contributed by atoms with E-state index < -0.39 is 119 Å². The van der Waals surface area contributed by atoms with Gasteiger partial charge in [0.25, 0.3) is 0 Å². The number of aromatic nitrogens is 1. The molecule has 440 valence electrons. The number of aromatic carboxylic acids is 1. The van der Waals surface area contributed by atoms with Crippen LogP contribution in [0.5, 0.6) is 0 Å². The van der Waals surface area contributed by atoms with Gasteiger partial charge in [-0.2, -0.15) is 0 Å². The third-order valence-electron chi connectivity index (χ3n) is 16.6. The molecular weight excluding hydrogens is 1030 g/mol. The molecule has 1 aromatic heterocycles. The van der Waals surface area contributed by atoms with Crippen LogP contribution in [0.4, 0.5) is 4.79 Å². The summed E-state index contributed by atoms with van der Waals surface area (Å²) in [6.45, 7) is 21.8. The van der Waals surface area contributed by atoms with E-state index in [-0.39, 0.29) is 49.3 Å². The van der Waals surface area contributed by atoms with Crippen LogP contribution in [0, 0.1) is 17.8 Å². The van der Waals surface area contributed by atoms with E-state index in [1.54, 1.807) is 63.1 Å². The van der Waals surface area contributed by atoms with Gasteiger partial charge in [-0.05, 0) is 120 Å². The third-order valence-corrected chi connectivity index (χ3v) is 17.6. The van der Waals surface area contributed by atoms with Crippen molar-refractivity contribution in [3.05, 3.63) is 40.2 Å². The summed E-state index contributed by atoms with van der Waals surface area (Å²) in [5.41, 5.74) is -4.27. The molecule has 21 nitrogen and oxygen atoms in total. The highest BCUT2D eigenvalue weighted by molar-refractivity contribution is 7.99. The minimum atomic E-state index is -1.63. The zero-order valence-corrected chi connectivity index (χ0v) is 49.2. The van der Waals surface area contributed by atoms with Crippen molar-refractivity contribution < 1.29 is 77.1 Å². The van der Waals surface area contributed by atoms with Gasteiger partial charge in [0.15, 0.2) is 30.4 Å². The van der Waals surface area contributed by atoms with Crippen LogP contribution in [0.1, 0.15) is 119 Å². The fourth-order valence-corrected chi connectivity index (χ4v) is 13.0. The summed E-state index contributed by atoms with van der Waals surface area (Å²) in [5.74, 6) is -3.84. The summed E-state index contributed by atoms with van der Waals surface area (Å²) in [5, 5.41) is 37.8. The molecule has 1 aromatic carbocycles. The molecule has 4 saturated heterocycles. The molecule has 0 unspecified atom stereocenters. The average molecular weight is 1120 g/mol. The number of cyclic esters (lactones) is 1. The number of hydrogen-bond donors (Lipinski definition) is 4. The standard InChI is InChI=1S/C56H88N4O17S/c1-16-41-56(11)48(76-53(67)77-56)34(7)59(14)28-30(3)26-54(9,68)47(75-52-45(63)40(58(12)13)24-31(4)70-52)32(5)46(33(6)51(66)72-41)74-43-27-55(10,69-15)49(35(8)71-43)73-42(61)20-21-57-22-23-78-36-18-19-37-39(25-36)60(17-2)29-38(44(37)62)50(64)65/h18-19,25,29-35,40-41,43,45-49,52,57,63,68H,16-17,20-24,26-28H2,1-15H3,(H,64,65)/t30-,31-,32+,33+,34+,35+,40+,41-,43-,45+,46-,47-,48+,49-,52+,54+,55+,56+/m0/s1. The Balaban J connectivity index is 1.19. The van der Waals surface area contributed by atoms with Gasteiger partial charge in [-0.15, -0.1) is 11.8 Å². The van der Waals surface area contributed by atoms with E-state index in [4.69, 9.17) is 42.6 Å². The maximum atomic E-state index is 14.8. The zero-order valence-electron chi connectivity index (χ0n) is 48.3. The molecule has 0 radical (unpaired) electrons. The second kappa shape index (κ2) is 26.3. The van der Waals surface area contributed by atoms with Crippen molar-refractivity contribution in [2.75, 3.05) is 53.6 Å². The summed E-state index contributed by atoms with van der Waals surface area (Å²) >= 11 is 1.56. The van der Waals surface area contributed by atoms with Gasteiger partial charge in [0.2, 0.25) is 5.43 Å². The third kappa shape index (κ3) is 14.2. The number of likely N-dealkylation sites (N-methyl/N-ethyl adjacent to an activating group) is 2. The predicted octanol–water partition coefficient (Wildman–Crippen LogP) is 5.44. The Labute approximate surface area is 463 Å². The lowest BCUT2D eigenvalue weighted by Gasteiger charge is -2.49. The van der Waals surface area contributed by atoms with Crippen LogP contribution < -0.4 is 10.7 Å². The number of pyridine rings is 1. The zero-order chi connectivity index (χ0) is 57.8. The molecule has 0 bridgehead atoms. The summed E-state index contributed by atoms with van der Waals surface area (Å²) in [6, 6.07) is 4.61. The second-order valence-corrected chi connectivity index (χ2v) is 24.2. The summed E-state index contributed by atoms with van der Waals surface area (Å²) in [7, 11) is 7.18. The van der Waals surface area contributed by atoms with Crippen molar-refractivity contribution in [1.82, 2.24) is 19.7 Å². The van der Waals surface area contributed by atoms with Crippen molar-refractivity contribution in [3.8, 4) is 0 Å². The van der Waals surface area contributed by atoms with Crippen LogP contribution in [0.3, 0.4) is 0 Å². The summed E-state index contributed by atoms with van der Waals surface area (Å²) in [4.78, 5) is 70.6. The number of benzene rings is 1. The van der Waals surface area contributed by atoms with Gasteiger partial charge in [0.05, 0.1) is 47.9 Å². The number of rotatable bonds is 17. The first kappa shape index (κ1) is 63.2. The number of aryl methyl sites for hydroxylation is 1. The van der Waals surface area contributed by atoms with Gasteiger partial charge in [-0.3, -0.25) is 19.3 Å². The highest BCUT2D eigenvalue weighted by Crippen LogP contribution is 2.42. The molecule has 4 aliphatic rings. The Kier molecular flexibility index (Phi) is 21.3. The highest BCUT2D eigenvalue weighted by atomic mass is 32.2. The number of hydrogen-bond acceptors (Lipinski definition) is 20. The lowest BCUT2D eigenvalue weighted by atomic mass is 9.77. The van der Waals surface area contributed by atoms with E-state index in [0.29, 0.717) is 49.3 Å². The SMILES string of the molecule is CC[C@@H]1OC(=O)[C@H](C)[C@@H](O[C@H]2C[C@@](C)(OC)[C@@H](OC(=O)CCNCCSc3ccc4c(=O)c(C(=O)O)cn(CC)c4c3)[C@@H](C)O2)[C@@H](C)[C@H](O[C@H]2O[C@@H](C)C[C@@H](N(C)C)[C@H]2O)[C@](C)(O)C[C@H](C)CN(C)[C@H](C)[C@H]2OC(=O)O[C@]12C. The van der Waals surface area contributed by atoms with E-state index in [1.165, 1.54) is 13.3 Å². The predicted molar refractivity (Wildman–Crippen MR) is 290 cm³/mol. The number of nitrogens with zero attached hydrogens (tertiary/aromatic N) is 3. The highest BCUT2D eigenvalue weighted by Gasteiger charge is 2.58. The van der Waals surface area contributed by atoms with Crippen molar-refractivity contribution in [3.63, 3.8) is 0 Å². The number of aliphatic hydroxyl groups is 2. The number of ether oxygens (including phenoxy) is 9. The molecule has 0 amide bonds. The number of carbonyl (C=O) groups excluding carboxylic acids is 3. The molecule has 18 atom stereocenters. The smallest absolute Gasteiger partial charge is 0.477 e. The summed E-state index contributed by atoms with van der Waals surface area (Å²) in [6.07, 6.45) is -7.60. The average Bonchev–Trinajstić information content (AvgIpc) is 3.76. The molecule has 0 spiro atoms. The number of thioether (sulfide) groups is 1. The first-order chi connectivity index (χ1) is 36.6. The largest absolute Gasteiger partial charge is 0.509 e. The Morgan fingerprint density at radius 3 is 2.31 bits per heavy atom. The minimum Gasteiger partial charge on any atom is -0.477 e. The Bertz CT molecular complexity index is 2460. The number of carboxylic acid groups (broad SMARTS) is 1. The number of nitrogens with one attached hydrogen (secondary N) is 1. The van der Waals surface area contributed by atoms with E-state index in [0.717, 1.165) is 4.90 Å². The van der Waals surface area contributed by atoms with Crippen molar-refractivity contribution in [2.45, 2.75) is 210 Å². The van der Waals surface area contributed by atoms with Crippen molar-refractivity contribution in [2.24, 2.45) is 17.8 Å². The fourth-order valence-electron chi connectivity index (χ4n) is 12.2. The maximum Gasteiger partial charge on any atom is 0.509 e. The number of esters is 2. The van der Waals surface area contributed by atoms with Gasteiger partial charge < -0.3 is 72.7 Å². The van der Waals surface area contributed by atoms with Gasteiger partial charge in [0, 0.05) is 79.9 Å². The van der Waals surface area contributed by atoms with Crippen LogP contribution in [0.15, 0.2) is 34.1 Å². The molecule has 5 heterocycles. The monoisotopic (exact) mass is 1120 g/mol. The lowest BCUT2D eigenvalue weighted by molar-refractivity contribution is -0.318. The Morgan fingerprint density at radius 2 is 1.67 bits per heavy atom. The number of carbonyl (C=O) groups is 4. The molecule has 0 aliphatic carbocycles. The lowest BCUT2D eigenvalue weighted by Crippen LogP contribution is -2.61. The quantitative estimate of drug-likeness (QED) is 0.0666. The van der Waals surface area contributed by atoms with Crippen LogP contribution in [0.25, 0.3) is 10.9 Å². The first-order valence-corrected chi connectivity index (χ1v) is 28.6. The van der Waals surface area contributed by atoms with Crippen LogP contribution in [0.2, 0.25) is 0 Å². The first-order valence-electron chi connectivity index (χ1n) is 27.6. The van der Waals surface area contributed by atoms with E-state index >= 15 is 0 Å². The summed E-state index contributed by atoms with van der Waals surface area (Å²) < 4.78 is 58.8. The van der Waals surface area contributed by atoms with E-state index in [1.807, 2.05) is 78.6 Å². The van der Waals surface area contributed by atoms with E-state index in [2.05, 4.69) is 5.32 Å². The Morgan fingerprint density at radius 1 is 0.962 bits per heavy atom. The van der Waals surface area contributed by atoms with Gasteiger partial charge >= 0.3 is 24.1 Å². The molecule has 4 N–H and O–H groups in total. The van der Waals surface area contributed by atoms with Crippen LogP contribution in [-0.2, 0) is 58.8 Å². The number of carboxylic acids is 1. The van der Waals surface area contributed by atoms with E-state index in [9.17, 15) is 39.3 Å². The van der Waals surface area contributed by atoms with Crippen molar-refractivity contribution in [1.29, 1.82) is 0 Å². The van der Waals surface area contributed by atoms with Crippen LogP contribution in [-0.4, -0.2) is 198 Å². The van der Waals surface area contributed by atoms with Crippen LogP contribution >= 0.6 is 11.8 Å². The maximum absolute atomic E-state index is 14.8. The topological polar surface area (TPSA) is 253 Å².